The summed E-state index contributed by atoms with van der Waals surface area (Å²) >= 11 is 0. The number of unbranched alkanes of at least 4 members (excludes halogenated alkanes) is 1. The highest BCUT2D eigenvalue weighted by Crippen LogP contribution is 2.28. The molecule has 0 unspecified atom stereocenters. The predicted molar refractivity (Wildman–Crippen MR) is 107 cm³/mol. The van der Waals surface area contributed by atoms with Gasteiger partial charge in [0, 0.05) is 38.9 Å². The van der Waals surface area contributed by atoms with Gasteiger partial charge in [-0.1, -0.05) is 25.5 Å². The molecule has 2 heterocycles. The molecule has 0 radical (unpaired) electrons. The van der Waals surface area contributed by atoms with Crippen LogP contribution < -0.4 is 19.9 Å². The molecule has 7 heteroatoms. The van der Waals surface area contributed by atoms with Crippen molar-refractivity contribution in [2.45, 2.75) is 19.8 Å². The van der Waals surface area contributed by atoms with E-state index in [9.17, 15) is 4.79 Å². The van der Waals surface area contributed by atoms with E-state index in [1.165, 1.54) is 0 Å². The zero-order valence-electron chi connectivity index (χ0n) is 16.0. The van der Waals surface area contributed by atoms with Gasteiger partial charge in [-0.25, -0.2) is 9.97 Å². The van der Waals surface area contributed by atoms with E-state index in [2.05, 4.69) is 38.1 Å². The van der Waals surface area contributed by atoms with Crippen molar-refractivity contribution >= 4 is 17.5 Å². The van der Waals surface area contributed by atoms with Crippen LogP contribution in [0.2, 0.25) is 0 Å². The van der Waals surface area contributed by atoms with Crippen molar-refractivity contribution < 1.29 is 9.53 Å². The third-order valence-electron chi connectivity index (χ3n) is 4.68. The number of nitrogens with one attached hydrogen (secondary N) is 1. The normalized spacial score (nSPS) is 14.1. The zero-order chi connectivity index (χ0) is 19.1. The first-order valence-corrected chi connectivity index (χ1v) is 9.47. The Kier molecular flexibility index (Phi) is 6.46. The number of rotatable bonds is 7. The second-order valence-electron chi connectivity index (χ2n) is 6.50. The maximum Gasteiger partial charge on any atom is 0.270 e. The molecule has 0 spiro atoms. The molecule has 1 amide bonds. The van der Waals surface area contributed by atoms with E-state index in [0.29, 0.717) is 18.2 Å². The van der Waals surface area contributed by atoms with Crippen LogP contribution in [0.3, 0.4) is 0 Å². The summed E-state index contributed by atoms with van der Waals surface area (Å²) in [6, 6.07) is 9.71. The first kappa shape index (κ1) is 18.9. The summed E-state index contributed by atoms with van der Waals surface area (Å²) in [6.45, 7) is 6.04. The lowest BCUT2D eigenvalue weighted by Gasteiger charge is -2.36. The molecule has 1 N–H and O–H groups in total. The number of hydrogen-bond donors (Lipinski definition) is 1. The van der Waals surface area contributed by atoms with E-state index in [1.807, 2.05) is 18.2 Å². The molecule has 1 saturated heterocycles. The summed E-state index contributed by atoms with van der Waals surface area (Å²) < 4.78 is 5.47. The van der Waals surface area contributed by atoms with Crippen LogP contribution in [-0.4, -0.2) is 55.7 Å². The monoisotopic (exact) mass is 369 g/mol. The Hall–Kier alpha value is -2.83. The summed E-state index contributed by atoms with van der Waals surface area (Å²) in [5.41, 5.74) is 1.52. The van der Waals surface area contributed by atoms with Crippen LogP contribution >= 0.6 is 0 Å². The van der Waals surface area contributed by atoms with Crippen molar-refractivity contribution in [2.24, 2.45) is 0 Å². The molecule has 144 valence electrons. The summed E-state index contributed by atoms with van der Waals surface area (Å²) in [6.07, 6.45) is 3.67. The van der Waals surface area contributed by atoms with Crippen molar-refractivity contribution in [3.63, 3.8) is 0 Å². The summed E-state index contributed by atoms with van der Waals surface area (Å²) in [5, 5.41) is 2.90. The third-order valence-corrected chi connectivity index (χ3v) is 4.68. The number of para-hydroxylation sites is 2. The molecule has 1 aliphatic rings. The van der Waals surface area contributed by atoms with Crippen LogP contribution in [0.15, 0.2) is 36.5 Å². The number of piperazine rings is 1. The first-order chi connectivity index (χ1) is 13.2. The van der Waals surface area contributed by atoms with Gasteiger partial charge in [0.15, 0.2) is 0 Å². The fourth-order valence-corrected chi connectivity index (χ4v) is 3.13. The summed E-state index contributed by atoms with van der Waals surface area (Å²) in [7, 11) is 1.69. The molecule has 2 aromatic rings. The highest BCUT2D eigenvalue weighted by Gasteiger charge is 2.22. The van der Waals surface area contributed by atoms with E-state index in [4.69, 9.17) is 4.74 Å². The largest absolute Gasteiger partial charge is 0.495 e. The molecule has 1 aromatic heterocycles. The summed E-state index contributed by atoms with van der Waals surface area (Å²) in [5.74, 6) is 1.35. The van der Waals surface area contributed by atoms with Gasteiger partial charge in [-0.3, -0.25) is 4.79 Å². The SMILES string of the molecule is CCCCNC(=O)c1ccnc(N2CCN(c3ccccc3OC)CC2)n1. The Morgan fingerprint density at radius 2 is 1.89 bits per heavy atom. The minimum Gasteiger partial charge on any atom is -0.495 e. The standard InChI is InChI=1S/C20H27N5O2/c1-3-4-10-21-19(26)16-9-11-22-20(23-16)25-14-12-24(13-15-25)17-7-5-6-8-18(17)27-2/h5-9,11H,3-4,10,12-15H2,1-2H3,(H,21,26). The number of anilines is 2. The number of hydrogen-bond acceptors (Lipinski definition) is 6. The Labute approximate surface area is 160 Å². The van der Waals surface area contributed by atoms with Crippen LogP contribution in [0.5, 0.6) is 5.75 Å². The number of benzene rings is 1. The maximum atomic E-state index is 12.2. The first-order valence-electron chi connectivity index (χ1n) is 9.47. The van der Waals surface area contributed by atoms with Gasteiger partial charge in [-0.05, 0) is 24.6 Å². The van der Waals surface area contributed by atoms with Gasteiger partial charge >= 0.3 is 0 Å². The lowest BCUT2D eigenvalue weighted by Crippen LogP contribution is -2.47. The molecule has 1 aliphatic heterocycles. The minimum atomic E-state index is -0.139. The molecule has 3 rings (SSSR count). The van der Waals surface area contributed by atoms with E-state index in [0.717, 1.165) is 50.5 Å². The summed E-state index contributed by atoms with van der Waals surface area (Å²) in [4.78, 5) is 25.5. The smallest absolute Gasteiger partial charge is 0.270 e. The Morgan fingerprint density at radius 3 is 2.63 bits per heavy atom. The van der Waals surface area contributed by atoms with E-state index < -0.39 is 0 Å². The number of amides is 1. The van der Waals surface area contributed by atoms with Crippen LogP contribution in [0.25, 0.3) is 0 Å². The lowest BCUT2D eigenvalue weighted by atomic mass is 10.2. The van der Waals surface area contributed by atoms with Crippen LogP contribution in [0, 0.1) is 0 Å². The van der Waals surface area contributed by atoms with Crippen LogP contribution in [0.1, 0.15) is 30.3 Å². The van der Waals surface area contributed by atoms with Gasteiger partial charge in [-0.15, -0.1) is 0 Å². The van der Waals surface area contributed by atoms with Gasteiger partial charge in [-0.2, -0.15) is 0 Å². The van der Waals surface area contributed by atoms with E-state index >= 15 is 0 Å². The molecule has 0 aliphatic carbocycles. The number of aromatic nitrogens is 2. The van der Waals surface area contributed by atoms with Gasteiger partial charge in [0.2, 0.25) is 5.95 Å². The Morgan fingerprint density at radius 1 is 1.15 bits per heavy atom. The maximum absolute atomic E-state index is 12.2. The molecule has 27 heavy (non-hydrogen) atoms. The van der Waals surface area contributed by atoms with Crippen molar-refractivity contribution in [3.05, 3.63) is 42.2 Å². The molecule has 0 bridgehead atoms. The van der Waals surface area contributed by atoms with Gasteiger partial charge < -0.3 is 19.9 Å². The fourth-order valence-electron chi connectivity index (χ4n) is 3.13. The number of ether oxygens (including phenoxy) is 1. The fraction of sp³-hybridized carbons (Fsp3) is 0.450. The quantitative estimate of drug-likeness (QED) is 0.756. The minimum absolute atomic E-state index is 0.139. The number of carbonyl (C=O) groups is 1. The average Bonchev–Trinajstić information content (AvgIpc) is 2.74. The van der Waals surface area contributed by atoms with Crippen molar-refractivity contribution in [3.8, 4) is 5.75 Å². The molecule has 0 saturated carbocycles. The van der Waals surface area contributed by atoms with Gasteiger partial charge in [0.05, 0.1) is 12.8 Å². The second kappa shape index (κ2) is 9.21. The highest BCUT2D eigenvalue weighted by atomic mass is 16.5. The van der Waals surface area contributed by atoms with Crippen molar-refractivity contribution in [1.29, 1.82) is 0 Å². The third kappa shape index (κ3) is 4.67. The van der Waals surface area contributed by atoms with Crippen molar-refractivity contribution in [2.75, 3.05) is 49.6 Å². The van der Waals surface area contributed by atoms with E-state index in [-0.39, 0.29) is 5.91 Å². The second-order valence-corrected chi connectivity index (χ2v) is 6.50. The molecular weight excluding hydrogens is 342 g/mol. The number of carbonyl (C=O) groups excluding carboxylic acids is 1. The zero-order valence-corrected chi connectivity index (χ0v) is 16.0. The van der Waals surface area contributed by atoms with Crippen LogP contribution in [0.4, 0.5) is 11.6 Å². The molecular formula is C20H27N5O2. The topological polar surface area (TPSA) is 70.6 Å². The van der Waals surface area contributed by atoms with Gasteiger partial charge in [0.1, 0.15) is 11.4 Å². The number of methoxy groups -OCH3 is 1. The predicted octanol–water partition coefficient (Wildman–Crippen LogP) is 2.34. The van der Waals surface area contributed by atoms with Crippen LogP contribution in [-0.2, 0) is 0 Å². The van der Waals surface area contributed by atoms with Crippen molar-refractivity contribution in [1.82, 2.24) is 15.3 Å². The van der Waals surface area contributed by atoms with Gasteiger partial charge in [0.25, 0.3) is 5.91 Å². The molecule has 1 aromatic carbocycles. The van der Waals surface area contributed by atoms with E-state index in [1.54, 1.807) is 19.4 Å². The molecule has 0 atom stereocenters. The highest BCUT2D eigenvalue weighted by molar-refractivity contribution is 5.92. The molecule has 1 fully saturated rings. The Balaban J connectivity index is 1.62. The number of nitrogens with zero attached hydrogens (tertiary/aromatic N) is 4. The lowest BCUT2D eigenvalue weighted by molar-refractivity contribution is 0.0948. The average molecular weight is 369 g/mol. The Bertz CT molecular complexity index is 760. The molecule has 7 nitrogen and oxygen atoms in total.